The number of nitrogens with zero attached hydrogens (tertiary/aromatic N) is 2. The molecular weight excluding hydrogens is 395 g/mol. The van der Waals surface area contributed by atoms with Gasteiger partial charge in [-0.05, 0) is 43.2 Å². The summed E-state index contributed by atoms with van der Waals surface area (Å²) >= 11 is 0. The van der Waals surface area contributed by atoms with Gasteiger partial charge in [-0.15, -0.1) is 5.92 Å². The van der Waals surface area contributed by atoms with Gasteiger partial charge < -0.3 is 10.5 Å². The van der Waals surface area contributed by atoms with E-state index in [1.807, 2.05) is 0 Å². The Morgan fingerprint density at radius 2 is 2.17 bits per heavy atom. The van der Waals surface area contributed by atoms with Crippen molar-refractivity contribution >= 4 is 11.8 Å². The number of ketones is 1. The van der Waals surface area contributed by atoms with Gasteiger partial charge in [0.05, 0.1) is 0 Å². The van der Waals surface area contributed by atoms with E-state index >= 15 is 0 Å². The summed E-state index contributed by atoms with van der Waals surface area (Å²) in [6.07, 6.45) is -1.81. The molecule has 1 aromatic heterocycles. The highest BCUT2D eigenvalue weighted by Gasteiger charge is 2.64. The molecule has 4 rings (SSSR count). The molecule has 1 aliphatic heterocycles. The number of carbonyl (C=O) groups is 1. The second-order valence-electron chi connectivity index (χ2n) is 7.30. The predicted octanol–water partition coefficient (Wildman–Crippen LogP) is 3.21. The molecule has 0 unspecified atom stereocenters. The van der Waals surface area contributed by atoms with Crippen molar-refractivity contribution in [2.75, 3.05) is 0 Å². The maximum atomic E-state index is 14.7. The molecule has 0 spiro atoms. The van der Waals surface area contributed by atoms with Gasteiger partial charge in [-0.3, -0.25) is 9.78 Å². The van der Waals surface area contributed by atoms with Crippen LogP contribution in [0.3, 0.4) is 0 Å². The van der Waals surface area contributed by atoms with E-state index in [9.17, 15) is 18.0 Å². The molecule has 0 bridgehead atoms. The SMILES string of the molecule is CC#Cc1ccc(C(=O)Cc2ccc(F)c([C@@]3(C(F)F)N=C(N)O[C@@H]4C[C@@H]43)c2)nc1. The third kappa shape index (κ3) is 3.41. The second kappa shape index (κ2) is 7.48. The summed E-state index contributed by atoms with van der Waals surface area (Å²) in [5.41, 5.74) is 4.45. The lowest BCUT2D eigenvalue weighted by molar-refractivity contribution is 0.0176. The van der Waals surface area contributed by atoms with Crippen LogP contribution in [0.2, 0.25) is 0 Å². The third-order valence-corrected chi connectivity index (χ3v) is 5.34. The van der Waals surface area contributed by atoms with Crippen molar-refractivity contribution in [2.24, 2.45) is 16.6 Å². The highest BCUT2D eigenvalue weighted by molar-refractivity contribution is 5.95. The maximum Gasteiger partial charge on any atom is 0.283 e. The van der Waals surface area contributed by atoms with Crippen molar-refractivity contribution < 1.29 is 22.7 Å². The zero-order valence-corrected chi connectivity index (χ0v) is 16.0. The molecule has 1 aliphatic carbocycles. The zero-order chi connectivity index (χ0) is 21.5. The predicted molar refractivity (Wildman–Crippen MR) is 104 cm³/mol. The number of halogens is 3. The van der Waals surface area contributed by atoms with Crippen molar-refractivity contribution in [3.8, 4) is 11.8 Å². The van der Waals surface area contributed by atoms with Crippen LogP contribution in [0.4, 0.5) is 13.2 Å². The zero-order valence-electron chi connectivity index (χ0n) is 16.0. The van der Waals surface area contributed by atoms with Gasteiger partial charge in [0, 0.05) is 29.7 Å². The average molecular weight is 413 g/mol. The molecule has 0 amide bonds. The summed E-state index contributed by atoms with van der Waals surface area (Å²) in [5, 5.41) is 0. The van der Waals surface area contributed by atoms with Crippen LogP contribution in [-0.2, 0) is 16.7 Å². The molecule has 2 aromatic rings. The maximum absolute atomic E-state index is 14.7. The number of aromatic nitrogens is 1. The highest BCUT2D eigenvalue weighted by Crippen LogP contribution is 2.56. The van der Waals surface area contributed by atoms with E-state index in [1.165, 1.54) is 18.3 Å². The molecule has 2 N–H and O–H groups in total. The van der Waals surface area contributed by atoms with Crippen LogP contribution in [0.25, 0.3) is 0 Å². The number of aliphatic imine (C=N–C) groups is 1. The lowest BCUT2D eigenvalue weighted by Crippen LogP contribution is -2.43. The lowest BCUT2D eigenvalue weighted by Gasteiger charge is -2.33. The number of amidine groups is 1. The monoisotopic (exact) mass is 413 g/mol. The first-order valence-corrected chi connectivity index (χ1v) is 9.36. The third-order valence-electron chi connectivity index (χ3n) is 5.34. The minimum Gasteiger partial charge on any atom is -0.462 e. The Kier molecular flexibility index (Phi) is 4.98. The van der Waals surface area contributed by atoms with Gasteiger partial charge in [-0.2, -0.15) is 0 Å². The quantitative estimate of drug-likeness (QED) is 0.603. The Bertz CT molecular complexity index is 1090. The fraction of sp³-hybridized carbons (Fsp3) is 0.318. The molecule has 8 heteroatoms. The molecule has 5 nitrogen and oxygen atoms in total. The number of hydrogen-bond donors (Lipinski definition) is 1. The Morgan fingerprint density at radius 3 is 2.83 bits per heavy atom. The molecule has 154 valence electrons. The number of pyridine rings is 1. The number of fused-ring (bicyclic) bond motifs is 1. The first-order valence-electron chi connectivity index (χ1n) is 9.36. The number of alkyl halides is 2. The van der Waals surface area contributed by atoms with Gasteiger partial charge in [0.15, 0.2) is 11.3 Å². The normalized spacial score (nSPS) is 24.2. The van der Waals surface area contributed by atoms with Gasteiger partial charge in [0.1, 0.15) is 17.6 Å². The lowest BCUT2D eigenvalue weighted by atomic mass is 9.83. The molecule has 1 aromatic carbocycles. The van der Waals surface area contributed by atoms with E-state index < -0.39 is 29.8 Å². The first-order chi connectivity index (χ1) is 14.3. The summed E-state index contributed by atoms with van der Waals surface area (Å²) in [7, 11) is 0. The van der Waals surface area contributed by atoms with Gasteiger partial charge >= 0.3 is 0 Å². The summed E-state index contributed by atoms with van der Waals surface area (Å²) in [5.74, 6) is 3.75. The highest BCUT2D eigenvalue weighted by atomic mass is 19.3. The Labute approximate surface area is 171 Å². The van der Waals surface area contributed by atoms with E-state index in [4.69, 9.17) is 10.5 Å². The Morgan fingerprint density at radius 1 is 1.37 bits per heavy atom. The van der Waals surface area contributed by atoms with Crippen molar-refractivity contribution in [3.05, 3.63) is 64.7 Å². The molecular formula is C22H18F3N3O2. The van der Waals surface area contributed by atoms with E-state index in [-0.39, 0.29) is 29.5 Å². The fourth-order valence-corrected chi connectivity index (χ4v) is 3.84. The number of benzene rings is 1. The molecule has 30 heavy (non-hydrogen) atoms. The summed E-state index contributed by atoms with van der Waals surface area (Å²) in [6.45, 7) is 1.69. The number of Topliss-reactive ketones (excluding diaryl/α,β-unsaturated/α-hetero) is 1. The summed E-state index contributed by atoms with van der Waals surface area (Å²) < 4.78 is 48.2. The van der Waals surface area contributed by atoms with Crippen LogP contribution >= 0.6 is 0 Å². The smallest absolute Gasteiger partial charge is 0.283 e. The molecule has 2 aliphatic rings. The van der Waals surface area contributed by atoms with Crippen molar-refractivity contribution in [3.63, 3.8) is 0 Å². The second-order valence-corrected chi connectivity index (χ2v) is 7.30. The van der Waals surface area contributed by atoms with Crippen LogP contribution in [0.15, 0.2) is 41.5 Å². The molecule has 0 radical (unpaired) electrons. The van der Waals surface area contributed by atoms with Crippen molar-refractivity contribution in [1.29, 1.82) is 0 Å². The Hall–Kier alpha value is -3.34. The Balaban J connectivity index is 1.65. The largest absolute Gasteiger partial charge is 0.462 e. The van der Waals surface area contributed by atoms with Crippen LogP contribution in [0.5, 0.6) is 0 Å². The first kappa shape index (κ1) is 20.0. The van der Waals surface area contributed by atoms with Gasteiger partial charge in [0.2, 0.25) is 0 Å². The van der Waals surface area contributed by atoms with E-state index in [0.717, 1.165) is 6.07 Å². The van der Waals surface area contributed by atoms with E-state index in [0.29, 0.717) is 17.5 Å². The number of ether oxygens (including phenoxy) is 1. The summed E-state index contributed by atoms with van der Waals surface area (Å²) in [4.78, 5) is 20.5. The van der Waals surface area contributed by atoms with Crippen LogP contribution in [0, 0.1) is 23.6 Å². The van der Waals surface area contributed by atoms with Crippen LogP contribution in [0.1, 0.15) is 40.5 Å². The average Bonchev–Trinajstić information content (AvgIpc) is 3.49. The number of hydrogen-bond acceptors (Lipinski definition) is 5. The van der Waals surface area contributed by atoms with Gasteiger partial charge in [0.25, 0.3) is 12.4 Å². The molecule has 3 atom stereocenters. The topological polar surface area (TPSA) is 77.6 Å². The molecule has 0 saturated heterocycles. The van der Waals surface area contributed by atoms with Gasteiger partial charge in [-0.1, -0.05) is 12.0 Å². The van der Waals surface area contributed by atoms with Crippen LogP contribution < -0.4 is 5.73 Å². The summed E-state index contributed by atoms with van der Waals surface area (Å²) in [6, 6.07) is 6.58. The van der Waals surface area contributed by atoms with Crippen LogP contribution in [-0.4, -0.2) is 29.3 Å². The number of rotatable bonds is 5. The fourth-order valence-electron chi connectivity index (χ4n) is 3.84. The number of carbonyl (C=O) groups excluding carboxylic acids is 1. The van der Waals surface area contributed by atoms with E-state index in [1.54, 1.807) is 19.1 Å². The van der Waals surface area contributed by atoms with Gasteiger partial charge in [-0.25, -0.2) is 18.2 Å². The van der Waals surface area contributed by atoms with Crippen molar-refractivity contribution in [1.82, 2.24) is 4.98 Å². The molecule has 1 saturated carbocycles. The standard InChI is InChI=1S/C22H18F3N3O2/c1-2-3-12-5-7-17(27-11-12)18(29)9-13-4-6-16(23)14(8-13)22(20(24)25)15-10-19(15)30-21(26)28-22/h4-8,11,15,19-20H,9-10H2,1H3,(H2,26,28)/t15-,19+,22+/m0/s1. The molecule has 1 fully saturated rings. The number of nitrogens with two attached hydrogens (primary N) is 1. The molecule has 2 heterocycles. The van der Waals surface area contributed by atoms with Crippen molar-refractivity contribution in [2.45, 2.75) is 37.8 Å². The van der Waals surface area contributed by atoms with E-state index in [2.05, 4.69) is 21.8 Å². The minimum atomic E-state index is -2.98. The minimum absolute atomic E-state index is 0.123.